The van der Waals surface area contributed by atoms with Gasteiger partial charge in [0.15, 0.2) is 0 Å². The van der Waals surface area contributed by atoms with Crippen molar-refractivity contribution in [1.29, 1.82) is 0 Å². The molecule has 26 heavy (non-hydrogen) atoms. The highest BCUT2D eigenvalue weighted by Crippen LogP contribution is 2.27. The molecule has 1 saturated heterocycles. The third-order valence-electron chi connectivity index (χ3n) is 4.34. The number of rotatable bonds is 5. The van der Waals surface area contributed by atoms with E-state index in [1.54, 1.807) is 30.3 Å². The standard InChI is InChI=1S/C18H18BrFN2O3S/c19-14-7-9-15(10-8-14)26(24,25)22-11-3-6-17(22)18(23)21-12-13-4-1-2-5-16(13)20/h1-2,4-5,7-10,17H,3,6,11-12H2,(H,21,23). The van der Waals surface area contributed by atoms with E-state index in [0.29, 0.717) is 18.4 Å². The molecule has 8 heteroatoms. The number of carbonyl (C=O) groups excluding carboxylic acids is 1. The van der Waals surface area contributed by atoms with Gasteiger partial charge in [-0.05, 0) is 43.2 Å². The number of halogens is 2. The van der Waals surface area contributed by atoms with Crippen LogP contribution in [0.5, 0.6) is 0 Å². The number of amides is 1. The van der Waals surface area contributed by atoms with Crippen LogP contribution >= 0.6 is 15.9 Å². The lowest BCUT2D eigenvalue weighted by molar-refractivity contribution is -0.124. The van der Waals surface area contributed by atoms with Crippen molar-refractivity contribution in [1.82, 2.24) is 9.62 Å². The Morgan fingerprint density at radius 2 is 1.88 bits per heavy atom. The number of hydrogen-bond donors (Lipinski definition) is 1. The number of nitrogens with one attached hydrogen (secondary N) is 1. The Morgan fingerprint density at radius 1 is 1.19 bits per heavy atom. The van der Waals surface area contributed by atoms with Crippen LogP contribution in [-0.2, 0) is 21.4 Å². The number of carbonyl (C=O) groups is 1. The van der Waals surface area contributed by atoms with Crippen LogP contribution < -0.4 is 5.32 Å². The zero-order valence-electron chi connectivity index (χ0n) is 13.9. The predicted molar refractivity (Wildman–Crippen MR) is 99.3 cm³/mol. The molecular formula is C18H18BrFN2O3S. The fraction of sp³-hybridized carbons (Fsp3) is 0.278. The lowest BCUT2D eigenvalue weighted by Crippen LogP contribution is -2.45. The second-order valence-corrected chi connectivity index (χ2v) is 8.84. The minimum absolute atomic E-state index is 0.0220. The molecule has 2 aromatic carbocycles. The lowest BCUT2D eigenvalue weighted by atomic mass is 10.2. The Labute approximate surface area is 160 Å². The Morgan fingerprint density at radius 3 is 2.58 bits per heavy atom. The number of hydrogen-bond acceptors (Lipinski definition) is 3. The molecule has 1 unspecified atom stereocenters. The summed E-state index contributed by atoms with van der Waals surface area (Å²) in [6, 6.07) is 11.7. The van der Waals surface area contributed by atoms with E-state index in [9.17, 15) is 17.6 Å². The summed E-state index contributed by atoms with van der Waals surface area (Å²) in [5, 5.41) is 2.65. The van der Waals surface area contributed by atoms with E-state index in [1.165, 1.54) is 22.5 Å². The summed E-state index contributed by atoms with van der Waals surface area (Å²) in [5.74, 6) is -0.815. The lowest BCUT2D eigenvalue weighted by Gasteiger charge is -2.23. The van der Waals surface area contributed by atoms with Gasteiger partial charge in [0.25, 0.3) is 0 Å². The van der Waals surface area contributed by atoms with Crippen LogP contribution in [0.3, 0.4) is 0 Å². The molecule has 0 spiro atoms. The zero-order chi connectivity index (χ0) is 18.7. The van der Waals surface area contributed by atoms with E-state index in [4.69, 9.17) is 0 Å². The largest absolute Gasteiger partial charge is 0.351 e. The normalized spacial score (nSPS) is 18.0. The number of nitrogens with zero attached hydrogens (tertiary/aromatic N) is 1. The van der Waals surface area contributed by atoms with Gasteiger partial charge >= 0.3 is 0 Å². The van der Waals surface area contributed by atoms with Gasteiger partial charge in [0.2, 0.25) is 15.9 Å². The Kier molecular flexibility index (Phi) is 5.74. The highest BCUT2D eigenvalue weighted by Gasteiger charge is 2.39. The van der Waals surface area contributed by atoms with Crippen molar-refractivity contribution in [3.63, 3.8) is 0 Å². The second kappa shape index (κ2) is 7.85. The summed E-state index contributed by atoms with van der Waals surface area (Å²) < 4.78 is 41.4. The van der Waals surface area contributed by atoms with Crippen molar-refractivity contribution in [2.24, 2.45) is 0 Å². The van der Waals surface area contributed by atoms with Crippen LogP contribution in [0.15, 0.2) is 57.9 Å². The topological polar surface area (TPSA) is 66.5 Å². The molecule has 5 nitrogen and oxygen atoms in total. The van der Waals surface area contributed by atoms with Crippen molar-refractivity contribution in [3.05, 3.63) is 64.4 Å². The maximum atomic E-state index is 13.7. The molecule has 1 fully saturated rings. The molecule has 3 rings (SSSR count). The summed E-state index contributed by atoms with van der Waals surface area (Å²) in [7, 11) is -3.76. The van der Waals surface area contributed by atoms with Crippen LogP contribution in [0.25, 0.3) is 0 Å². The fourth-order valence-electron chi connectivity index (χ4n) is 2.97. The van der Waals surface area contributed by atoms with Gasteiger partial charge in [-0.3, -0.25) is 4.79 Å². The summed E-state index contributed by atoms with van der Waals surface area (Å²) in [4.78, 5) is 12.7. The molecule has 1 amide bonds. The van der Waals surface area contributed by atoms with Gasteiger partial charge in [-0.2, -0.15) is 4.31 Å². The Bertz CT molecular complexity index is 903. The highest BCUT2D eigenvalue weighted by molar-refractivity contribution is 9.10. The van der Waals surface area contributed by atoms with Gasteiger partial charge in [0, 0.05) is 23.1 Å². The van der Waals surface area contributed by atoms with Gasteiger partial charge < -0.3 is 5.32 Å². The first kappa shape index (κ1) is 19.0. The van der Waals surface area contributed by atoms with Crippen molar-refractivity contribution in [2.45, 2.75) is 30.3 Å². The monoisotopic (exact) mass is 440 g/mol. The molecule has 1 aliphatic rings. The van der Waals surface area contributed by atoms with Gasteiger partial charge in [-0.15, -0.1) is 0 Å². The molecule has 1 atom stereocenters. The highest BCUT2D eigenvalue weighted by atomic mass is 79.9. The molecule has 0 aliphatic carbocycles. The minimum Gasteiger partial charge on any atom is -0.351 e. The zero-order valence-corrected chi connectivity index (χ0v) is 16.3. The average molecular weight is 441 g/mol. The predicted octanol–water partition coefficient (Wildman–Crippen LogP) is 3.06. The minimum atomic E-state index is -3.76. The molecule has 0 radical (unpaired) electrons. The van der Waals surface area contributed by atoms with E-state index in [0.717, 1.165) is 4.47 Å². The van der Waals surface area contributed by atoms with Crippen LogP contribution in [0.4, 0.5) is 4.39 Å². The Hall–Kier alpha value is -1.77. The maximum Gasteiger partial charge on any atom is 0.243 e. The van der Waals surface area contributed by atoms with Crippen LogP contribution in [0, 0.1) is 5.82 Å². The Balaban J connectivity index is 1.74. The van der Waals surface area contributed by atoms with Crippen molar-refractivity contribution < 1.29 is 17.6 Å². The third kappa shape index (κ3) is 3.97. The van der Waals surface area contributed by atoms with Crippen LogP contribution in [0.1, 0.15) is 18.4 Å². The maximum absolute atomic E-state index is 13.7. The molecule has 2 aromatic rings. The first-order chi connectivity index (χ1) is 12.4. The average Bonchev–Trinajstić information content (AvgIpc) is 3.12. The van der Waals surface area contributed by atoms with Gasteiger partial charge in [-0.1, -0.05) is 34.1 Å². The number of benzene rings is 2. The molecular weight excluding hydrogens is 423 g/mol. The molecule has 1 N–H and O–H groups in total. The first-order valence-corrected chi connectivity index (χ1v) is 10.4. The van der Waals surface area contributed by atoms with E-state index in [1.807, 2.05) is 0 Å². The quantitative estimate of drug-likeness (QED) is 0.776. The second-order valence-electron chi connectivity index (χ2n) is 6.04. The van der Waals surface area contributed by atoms with Crippen LogP contribution in [-0.4, -0.2) is 31.2 Å². The third-order valence-corrected chi connectivity index (χ3v) is 6.79. The molecule has 1 heterocycles. The van der Waals surface area contributed by atoms with Crippen molar-refractivity contribution >= 4 is 31.9 Å². The van der Waals surface area contributed by atoms with E-state index >= 15 is 0 Å². The molecule has 0 bridgehead atoms. The molecule has 138 valence electrons. The van der Waals surface area contributed by atoms with Crippen molar-refractivity contribution in [2.75, 3.05) is 6.54 Å². The van der Waals surface area contributed by atoms with Gasteiger partial charge in [-0.25, -0.2) is 12.8 Å². The molecule has 0 aromatic heterocycles. The van der Waals surface area contributed by atoms with Crippen LogP contribution in [0.2, 0.25) is 0 Å². The summed E-state index contributed by atoms with van der Waals surface area (Å²) in [6.07, 6.45) is 1.05. The molecule has 0 saturated carbocycles. The SMILES string of the molecule is O=C(NCc1ccccc1F)C1CCCN1S(=O)(=O)c1ccc(Br)cc1. The summed E-state index contributed by atoms with van der Waals surface area (Å²) in [5.41, 5.74) is 0.362. The molecule has 1 aliphatic heterocycles. The summed E-state index contributed by atoms with van der Waals surface area (Å²) in [6.45, 7) is 0.310. The first-order valence-electron chi connectivity index (χ1n) is 8.18. The van der Waals surface area contributed by atoms with E-state index < -0.39 is 27.8 Å². The van der Waals surface area contributed by atoms with Crippen molar-refractivity contribution in [3.8, 4) is 0 Å². The smallest absolute Gasteiger partial charge is 0.243 e. The fourth-order valence-corrected chi connectivity index (χ4v) is 4.89. The number of sulfonamides is 1. The van der Waals surface area contributed by atoms with E-state index in [2.05, 4.69) is 21.2 Å². The van der Waals surface area contributed by atoms with E-state index in [-0.39, 0.29) is 18.0 Å². The van der Waals surface area contributed by atoms with Gasteiger partial charge in [0.1, 0.15) is 11.9 Å². The summed E-state index contributed by atoms with van der Waals surface area (Å²) >= 11 is 3.28. The van der Waals surface area contributed by atoms with Gasteiger partial charge in [0.05, 0.1) is 4.90 Å².